The molecule has 0 bridgehead atoms. The average molecular weight is 446 g/mol. The van der Waals surface area contributed by atoms with Gasteiger partial charge in [-0.15, -0.1) is 10.3 Å². The summed E-state index contributed by atoms with van der Waals surface area (Å²) in [6.07, 6.45) is 1.31. The van der Waals surface area contributed by atoms with E-state index in [1.807, 2.05) is 36.4 Å². The standard InChI is InChI=1S/C20H21O4S.Y/c21-11-15-5-2-1-4-14(15)7-8-17-18(20(23)10-19(17)22)13-24-12-16-6-3-9-25-16;/h1-6,17-18,21H,7-8,10-13H2;/q-1;/t17-,18-;/m1./s1. The number of hydrogen-bond donors (Lipinski definition) is 1. The van der Waals surface area contributed by atoms with E-state index < -0.39 is 0 Å². The van der Waals surface area contributed by atoms with Gasteiger partial charge in [0.05, 0.1) is 25.6 Å². The summed E-state index contributed by atoms with van der Waals surface area (Å²) in [6, 6.07) is 11.4. The van der Waals surface area contributed by atoms with Gasteiger partial charge in [0.25, 0.3) is 0 Å². The first-order valence-electron chi connectivity index (χ1n) is 8.44. The number of aliphatic hydroxyl groups is 1. The van der Waals surface area contributed by atoms with Crippen molar-refractivity contribution in [1.29, 1.82) is 0 Å². The summed E-state index contributed by atoms with van der Waals surface area (Å²) in [5.41, 5.74) is 1.91. The molecular formula is C20H21O4SY-. The number of rotatable bonds is 8. The number of aliphatic hydroxyl groups excluding tert-OH is 1. The molecule has 2 atom stereocenters. The van der Waals surface area contributed by atoms with E-state index in [1.54, 1.807) is 0 Å². The molecule has 1 N–H and O–H groups in total. The molecule has 1 aliphatic carbocycles. The Hall–Kier alpha value is -0.716. The van der Waals surface area contributed by atoms with Crippen LogP contribution in [0, 0.1) is 17.2 Å². The van der Waals surface area contributed by atoms with E-state index in [2.05, 4.69) is 5.38 Å². The van der Waals surface area contributed by atoms with E-state index in [1.165, 1.54) is 11.3 Å². The Morgan fingerprint density at radius 2 is 1.85 bits per heavy atom. The average Bonchev–Trinajstić information content (AvgIpc) is 3.22. The van der Waals surface area contributed by atoms with Crippen LogP contribution < -0.4 is 0 Å². The predicted octanol–water partition coefficient (Wildman–Crippen LogP) is 2.96. The zero-order valence-corrected chi connectivity index (χ0v) is 18.2. The minimum atomic E-state index is -0.349. The first kappa shape index (κ1) is 21.6. The number of carbonyl (C=O) groups excluding carboxylic acids is 2. The number of benzene rings is 1. The van der Waals surface area contributed by atoms with Crippen molar-refractivity contribution >= 4 is 22.9 Å². The molecule has 0 saturated heterocycles. The van der Waals surface area contributed by atoms with Gasteiger partial charge in [0.1, 0.15) is 11.6 Å². The van der Waals surface area contributed by atoms with Crippen LogP contribution >= 0.6 is 11.3 Å². The molecule has 1 fully saturated rings. The number of carbonyl (C=O) groups is 2. The summed E-state index contributed by atoms with van der Waals surface area (Å²) in [5, 5.41) is 12.4. The largest absolute Gasteiger partial charge is 0.392 e. The van der Waals surface area contributed by atoms with E-state index in [0.29, 0.717) is 19.4 Å². The van der Waals surface area contributed by atoms with Gasteiger partial charge in [-0.3, -0.25) is 20.9 Å². The molecule has 0 amide bonds. The Kier molecular flexibility index (Phi) is 8.78. The summed E-state index contributed by atoms with van der Waals surface area (Å²) in [5.74, 6) is -0.625. The molecule has 3 rings (SSSR count). The Bertz CT molecular complexity index is 729. The summed E-state index contributed by atoms with van der Waals surface area (Å²) < 4.78 is 5.69. The van der Waals surface area contributed by atoms with Crippen LogP contribution in [0.1, 0.15) is 28.8 Å². The zero-order chi connectivity index (χ0) is 17.6. The minimum Gasteiger partial charge on any atom is -0.392 e. The second kappa shape index (κ2) is 10.6. The summed E-state index contributed by atoms with van der Waals surface area (Å²) in [4.78, 5) is 25.5. The Labute approximate surface area is 182 Å². The summed E-state index contributed by atoms with van der Waals surface area (Å²) >= 11 is 1.49. The zero-order valence-electron chi connectivity index (χ0n) is 14.5. The molecule has 1 aromatic heterocycles. The Morgan fingerprint density at radius 3 is 2.54 bits per heavy atom. The van der Waals surface area contributed by atoms with Crippen molar-refractivity contribution in [2.24, 2.45) is 11.8 Å². The number of thiophene rings is 1. The van der Waals surface area contributed by atoms with Crippen molar-refractivity contribution in [3.8, 4) is 0 Å². The molecule has 1 radical (unpaired) electrons. The quantitative estimate of drug-likeness (QED) is 0.501. The molecule has 2 aromatic rings. The van der Waals surface area contributed by atoms with Crippen molar-refractivity contribution in [1.82, 2.24) is 0 Å². The monoisotopic (exact) mass is 446 g/mol. The molecule has 1 heterocycles. The van der Waals surface area contributed by atoms with Crippen molar-refractivity contribution in [3.63, 3.8) is 0 Å². The van der Waals surface area contributed by atoms with Crippen LogP contribution in [0.5, 0.6) is 0 Å². The third kappa shape index (κ3) is 5.40. The molecule has 0 spiro atoms. The van der Waals surface area contributed by atoms with Crippen LogP contribution in [0.15, 0.2) is 36.4 Å². The summed E-state index contributed by atoms with van der Waals surface area (Å²) in [7, 11) is 0. The molecule has 135 valence electrons. The number of hydrogen-bond acceptors (Lipinski definition) is 5. The Balaban J connectivity index is 0.00000243. The molecule has 0 unspecified atom stereocenters. The van der Waals surface area contributed by atoms with Gasteiger partial charge in [0.15, 0.2) is 0 Å². The fourth-order valence-corrected chi connectivity index (χ4v) is 3.92. The normalized spacial score (nSPS) is 19.6. The smallest absolute Gasteiger partial charge is 0.146 e. The first-order chi connectivity index (χ1) is 12.2. The third-order valence-electron chi connectivity index (χ3n) is 4.74. The molecule has 0 aliphatic heterocycles. The van der Waals surface area contributed by atoms with Gasteiger partial charge in [0, 0.05) is 45.2 Å². The third-order valence-corrected chi connectivity index (χ3v) is 5.51. The van der Waals surface area contributed by atoms with Crippen molar-refractivity contribution < 1.29 is 52.1 Å². The van der Waals surface area contributed by atoms with Crippen molar-refractivity contribution in [3.05, 3.63) is 57.8 Å². The molecule has 26 heavy (non-hydrogen) atoms. The van der Waals surface area contributed by atoms with E-state index in [9.17, 15) is 14.7 Å². The van der Waals surface area contributed by atoms with E-state index >= 15 is 0 Å². The fraction of sp³-hybridized carbons (Fsp3) is 0.400. The molecule has 4 nitrogen and oxygen atoms in total. The van der Waals surface area contributed by atoms with E-state index in [4.69, 9.17) is 4.74 Å². The van der Waals surface area contributed by atoms with Gasteiger partial charge in [-0.25, -0.2) is 0 Å². The molecule has 1 aromatic carbocycles. The SMILES string of the molecule is O=C1CC(=O)[C@H](COCc2cc[c-]s2)[C@H]1CCc1ccccc1CO.[Y]. The molecular weight excluding hydrogens is 425 g/mol. The van der Waals surface area contributed by atoms with Crippen LogP contribution in [0.4, 0.5) is 0 Å². The van der Waals surface area contributed by atoms with Gasteiger partial charge < -0.3 is 9.84 Å². The van der Waals surface area contributed by atoms with Crippen LogP contribution in [0.25, 0.3) is 0 Å². The van der Waals surface area contributed by atoms with E-state index in [-0.39, 0.29) is 75.7 Å². The first-order valence-corrected chi connectivity index (χ1v) is 9.26. The molecule has 1 aliphatic rings. The van der Waals surface area contributed by atoms with Crippen molar-refractivity contribution in [2.45, 2.75) is 32.5 Å². The van der Waals surface area contributed by atoms with Crippen LogP contribution in [0.3, 0.4) is 0 Å². The number of ether oxygens (including phenoxy) is 1. The van der Waals surface area contributed by atoms with Crippen LogP contribution in [-0.2, 0) is 66.7 Å². The maximum atomic E-state index is 12.2. The van der Waals surface area contributed by atoms with Gasteiger partial charge in [-0.05, 0) is 24.0 Å². The summed E-state index contributed by atoms with van der Waals surface area (Å²) in [6.45, 7) is 0.721. The molecule has 1 saturated carbocycles. The number of aryl methyl sites for hydroxylation is 1. The second-order valence-electron chi connectivity index (χ2n) is 6.32. The minimum absolute atomic E-state index is 0. The van der Waals surface area contributed by atoms with Gasteiger partial charge in [0.2, 0.25) is 0 Å². The van der Waals surface area contributed by atoms with Crippen LogP contribution in [-0.4, -0.2) is 23.3 Å². The maximum absolute atomic E-state index is 12.2. The second-order valence-corrected chi connectivity index (χ2v) is 7.29. The number of Topliss-reactive ketones (excluding diaryl/α,β-unsaturated/α-hetero) is 2. The molecule has 6 heteroatoms. The Morgan fingerprint density at radius 1 is 1.12 bits per heavy atom. The van der Waals surface area contributed by atoms with E-state index in [0.717, 1.165) is 16.0 Å². The van der Waals surface area contributed by atoms with Crippen LogP contribution in [0.2, 0.25) is 0 Å². The maximum Gasteiger partial charge on any atom is 0.146 e. The topological polar surface area (TPSA) is 63.6 Å². The van der Waals surface area contributed by atoms with Gasteiger partial charge >= 0.3 is 0 Å². The number of ketones is 2. The fourth-order valence-electron chi connectivity index (χ4n) is 3.36. The van der Waals surface area contributed by atoms with Gasteiger partial charge in [-0.1, -0.05) is 24.3 Å². The van der Waals surface area contributed by atoms with Gasteiger partial charge in [-0.2, -0.15) is 12.1 Å². The predicted molar refractivity (Wildman–Crippen MR) is 95.1 cm³/mol. The van der Waals surface area contributed by atoms with Crippen molar-refractivity contribution in [2.75, 3.05) is 6.61 Å².